The van der Waals surface area contributed by atoms with Crippen molar-refractivity contribution in [2.75, 3.05) is 44.3 Å². The Kier molecular flexibility index (Phi) is 5.46. The molecule has 1 spiro atoms. The third-order valence-corrected chi connectivity index (χ3v) is 4.61. The standard InChI is InChI=1S/C18H23N3O3/c19-9-4-10-21(16-5-2-1-3-6-16)17(22)15-20-11-7-18(8-12-20)23-13-14-24-18/h1-3,5-6H,4,7-8,10-15H2. The van der Waals surface area contributed by atoms with Crippen molar-refractivity contribution in [3.05, 3.63) is 30.3 Å². The fourth-order valence-corrected chi connectivity index (χ4v) is 3.28. The molecule has 2 aliphatic rings. The number of piperidine rings is 1. The summed E-state index contributed by atoms with van der Waals surface area (Å²) in [6, 6.07) is 11.7. The van der Waals surface area contributed by atoms with Gasteiger partial charge in [-0.05, 0) is 12.1 Å². The van der Waals surface area contributed by atoms with Gasteiger partial charge in [0.25, 0.3) is 0 Å². The summed E-state index contributed by atoms with van der Waals surface area (Å²) in [5.41, 5.74) is 0.841. The summed E-state index contributed by atoms with van der Waals surface area (Å²) in [6.07, 6.45) is 1.92. The van der Waals surface area contributed by atoms with Crippen LogP contribution in [0.25, 0.3) is 0 Å². The van der Waals surface area contributed by atoms with E-state index in [2.05, 4.69) is 11.0 Å². The van der Waals surface area contributed by atoms with Gasteiger partial charge in [0.1, 0.15) is 0 Å². The predicted octanol–water partition coefficient (Wildman–Crippen LogP) is 1.77. The largest absolute Gasteiger partial charge is 0.347 e. The summed E-state index contributed by atoms with van der Waals surface area (Å²) in [4.78, 5) is 16.6. The zero-order chi connectivity index (χ0) is 16.8. The minimum absolute atomic E-state index is 0.0284. The summed E-state index contributed by atoms with van der Waals surface area (Å²) < 4.78 is 11.4. The minimum atomic E-state index is -0.417. The molecule has 2 heterocycles. The van der Waals surface area contributed by atoms with Crippen molar-refractivity contribution in [2.24, 2.45) is 0 Å². The number of ether oxygens (including phenoxy) is 2. The molecular weight excluding hydrogens is 306 g/mol. The monoisotopic (exact) mass is 329 g/mol. The lowest BCUT2D eigenvalue weighted by molar-refractivity contribution is -0.185. The maximum atomic E-state index is 12.7. The van der Waals surface area contributed by atoms with Crippen LogP contribution in [0.15, 0.2) is 30.3 Å². The Balaban J connectivity index is 1.58. The molecule has 1 aromatic carbocycles. The number of likely N-dealkylation sites (tertiary alicyclic amines) is 1. The molecule has 0 aliphatic carbocycles. The van der Waals surface area contributed by atoms with Crippen molar-refractivity contribution in [2.45, 2.75) is 25.0 Å². The number of benzene rings is 1. The van der Waals surface area contributed by atoms with Gasteiger partial charge in [-0.25, -0.2) is 0 Å². The van der Waals surface area contributed by atoms with E-state index in [-0.39, 0.29) is 5.91 Å². The van der Waals surface area contributed by atoms with Gasteiger partial charge in [-0.2, -0.15) is 5.26 Å². The van der Waals surface area contributed by atoms with Crippen LogP contribution in [0, 0.1) is 11.3 Å². The van der Waals surface area contributed by atoms with E-state index in [0.29, 0.717) is 32.7 Å². The summed E-state index contributed by atoms with van der Waals surface area (Å²) in [7, 11) is 0. The number of nitrogens with zero attached hydrogens (tertiary/aromatic N) is 3. The molecule has 0 saturated carbocycles. The van der Waals surface area contributed by atoms with Crippen molar-refractivity contribution in [3.8, 4) is 6.07 Å². The van der Waals surface area contributed by atoms with Crippen LogP contribution in [-0.2, 0) is 14.3 Å². The molecule has 0 atom stereocenters. The molecule has 6 heteroatoms. The first-order valence-electron chi connectivity index (χ1n) is 8.45. The van der Waals surface area contributed by atoms with Crippen LogP contribution in [0.2, 0.25) is 0 Å². The Hall–Kier alpha value is -1.94. The van der Waals surface area contributed by atoms with Crippen molar-refractivity contribution < 1.29 is 14.3 Å². The Morgan fingerprint density at radius 3 is 2.50 bits per heavy atom. The second-order valence-corrected chi connectivity index (χ2v) is 6.17. The second-order valence-electron chi connectivity index (χ2n) is 6.17. The number of para-hydroxylation sites is 1. The van der Waals surface area contributed by atoms with Gasteiger partial charge in [0, 0.05) is 38.2 Å². The molecule has 2 saturated heterocycles. The number of hydrogen-bond donors (Lipinski definition) is 0. The van der Waals surface area contributed by atoms with Gasteiger partial charge < -0.3 is 14.4 Å². The van der Waals surface area contributed by atoms with Crippen LogP contribution in [-0.4, -0.2) is 56.0 Å². The number of hydrogen-bond acceptors (Lipinski definition) is 5. The Morgan fingerprint density at radius 2 is 1.88 bits per heavy atom. The predicted molar refractivity (Wildman–Crippen MR) is 89.3 cm³/mol. The summed E-state index contributed by atoms with van der Waals surface area (Å²) in [6.45, 7) is 3.67. The maximum absolute atomic E-state index is 12.7. The highest BCUT2D eigenvalue weighted by Gasteiger charge is 2.40. The first-order valence-corrected chi connectivity index (χ1v) is 8.45. The van der Waals surface area contributed by atoms with E-state index in [1.54, 1.807) is 4.90 Å². The Bertz CT molecular complexity index is 583. The molecule has 3 rings (SSSR count). The third-order valence-electron chi connectivity index (χ3n) is 4.61. The average molecular weight is 329 g/mol. The molecule has 24 heavy (non-hydrogen) atoms. The molecular formula is C18H23N3O3. The van der Waals surface area contributed by atoms with Gasteiger partial charge >= 0.3 is 0 Å². The van der Waals surface area contributed by atoms with Gasteiger partial charge in [0.2, 0.25) is 5.91 Å². The number of anilines is 1. The number of nitriles is 1. The minimum Gasteiger partial charge on any atom is -0.347 e. The van der Waals surface area contributed by atoms with Crippen LogP contribution >= 0.6 is 0 Å². The first-order chi connectivity index (χ1) is 11.7. The van der Waals surface area contributed by atoms with Gasteiger partial charge in [-0.15, -0.1) is 0 Å². The topological polar surface area (TPSA) is 65.8 Å². The normalized spacial score (nSPS) is 20.0. The zero-order valence-corrected chi connectivity index (χ0v) is 13.8. The number of rotatable bonds is 5. The summed E-state index contributed by atoms with van der Waals surface area (Å²) >= 11 is 0. The van der Waals surface area contributed by atoms with Gasteiger partial charge in [0.05, 0.1) is 32.2 Å². The maximum Gasteiger partial charge on any atom is 0.241 e. The van der Waals surface area contributed by atoms with Crippen LogP contribution in [0.5, 0.6) is 0 Å². The Morgan fingerprint density at radius 1 is 1.21 bits per heavy atom. The smallest absolute Gasteiger partial charge is 0.241 e. The van der Waals surface area contributed by atoms with E-state index in [4.69, 9.17) is 14.7 Å². The lowest BCUT2D eigenvalue weighted by Crippen LogP contribution is -2.49. The van der Waals surface area contributed by atoms with Crippen LogP contribution in [0.4, 0.5) is 5.69 Å². The number of carbonyl (C=O) groups is 1. The van der Waals surface area contributed by atoms with Crippen LogP contribution in [0.1, 0.15) is 19.3 Å². The number of amides is 1. The molecule has 0 bridgehead atoms. The molecule has 2 fully saturated rings. The molecule has 6 nitrogen and oxygen atoms in total. The lowest BCUT2D eigenvalue weighted by atomic mass is 10.0. The van der Waals surface area contributed by atoms with Gasteiger partial charge in [-0.1, -0.05) is 18.2 Å². The third kappa shape index (κ3) is 3.93. The van der Waals surface area contributed by atoms with Gasteiger partial charge in [-0.3, -0.25) is 9.69 Å². The average Bonchev–Trinajstić information content (AvgIpc) is 3.07. The summed E-state index contributed by atoms with van der Waals surface area (Å²) in [5, 5.41) is 8.86. The first kappa shape index (κ1) is 16.9. The molecule has 0 unspecified atom stereocenters. The van der Waals surface area contributed by atoms with E-state index in [9.17, 15) is 4.79 Å². The van der Waals surface area contributed by atoms with Crippen molar-refractivity contribution >= 4 is 11.6 Å². The molecule has 0 radical (unpaired) electrons. The lowest BCUT2D eigenvalue weighted by Gasteiger charge is -2.37. The SMILES string of the molecule is N#CCCN(C(=O)CN1CCC2(CC1)OCCO2)c1ccccc1. The molecule has 1 aromatic rings. The fourth-order valence-electron chi connectivity index (χ4n) is 3.28. The van der Waals surface area contributed by atoms with Crippen molar-refractivity contribution in [1.29, 1.82) is 5.26 Å². The van der Waals surface area contributed by atoms with Crippen LogP contribution < -0.4 is 4.90 Å². The highest BCUT2D eigenvalue weighted by Crippen LogP contribution is 2.31. The van der Waals surface area contributed by atoms with Crippen LogP contribution in [0.3, 0.4) is 0 Å². The Labute approximate surface area is 142 Å². The molecule has 1 amide bonds. The fraction of sp³-hybridized carbons (Fsp3) is 0.556. The highest BCUT2D eigenvalue weighted by molar-refractivity contribution is 5.94. The molecule has 2 aliphatic heterocycles. The zero-order valence-electron chi connectivity index (χ0n) is 13.8. The quantitative estimate of drug-likeness (QED) is 0.824. The van der Waals surface area contributed by atoms with E-state index < -0.39 is 5.79 Å². The molecule has 128 valence electrons. The molecule has 0 aromatic heterocycles. The van der Waals surface area contributed by atoms with E-state index >= 15 is 0 Å². The number of carbonyl (C=O) groups excluding carboxylic acids is 1. The second kappa shape index (κ2) is 7.75. The van der Waals surface area contributed by atoms with E-state index in [1.165, 1.54) is 0 Å². The van der Waals surface area contributed by atoms with Crippen molar-refractivity contribution in [1.82, 2.24) is 4.90 Å². The van der Waals surface area contributed by atoms with Gasteiger partial charge in [0.15, 0.2) is 5.79 Å². The highest BCUT2D eigenvalue weighted by atomic mass is 16.7. The molecule has 0 N–H and O–H groups in total. The van der Waals surface area contributed by atoms with Crippen molar-refractivity contribution in [3.63, 3.8) is 0 Å². The van der Waals surface area contributed by atoms with E-state index in [1.807, 2.05) is 30.3 Å². The summed E-state index contributed by atoms with van der Waals surface area (Å²) in [5.74, 6) is -0.389. The van der Waals surface area contributed by atoms with E-state index in [0.717, 1.165) is 31.6 Å².